The molecule has 2 aromatic carbocycles. The van der Waals surface area contributed by atoms with E-state index in [4.69, 9.17) is 9.47 Å². The Hall–Kier alpha value is -4.34. The van der Waals surface area contributed by atoms with Crippen LogP contribution in [0.4, 0.5) is 5.69 Å². The summed E-state index contributed by atoms with van der Waals surface area (Å²) in [6.07, 6.45) is 4.67. The van der Waals surface area contributed by atoms with Gasteiger partial charge in [0, 0.05) is 42.1 Å². The maximum Gasteiger partial charge on any atom is 0.279 e. The number of hydrogen-bond acceptors (Lipinski definition) is 8. The second-order valence-electron chi connectivity index (χ2n) is 6.61. The zero-order valence-corrected chi connectivity index (χ0v) is 15.4. The zero-order chi connectivity index (χ0) is 20.7. The summed E-state index contributed by atoms with van der Waals surface area (Å²) in [5.41, 5.74) is 2.79. The third-order valence-electron chi connectivity index (χ3n) is 4.82. The number of benzene rings is 2. The van der Waals surface area contributed by atoms with Gasteiger partial charge in [-0.2, -0.15) is 0 Å². The second-order valence-corrected chi connectivity index (χ2v) is 6.61. The van der Waals surface area contributed by atoms with Gasteiger partial charge in [-0.3, -0.25) is 19.5 Å². The Bertz CT molecular complexity index is 1230. The first-order valence-electron chi connectivity index (χ1n) is 8.95. The van der Waals surface area contributed by atoms with Gasteiger partial charge in [-0.05, 0) is 29.8 Å². The quantitative estimate of drug-likeness (QED) is 0.489. The number of carbonyl (C=O) groups excluding carboxylic acids is 1. The fourth-order valence-electron chi connectivity index (χ4n) is 3.33. The minimum Gasteiger partial charge on any atom is -0.454 e. The Morgan fingerprint density at radius 2 is 1.87 bits per heavy atom. The monoisotopic (exact) mass is 403 g/mol. The number of imidazole rings is 1. The van der Waals surface area contributed by atoms with Crippen LogP contribution in [0.1, 0.15) is 21.5 Å². The number of aromatic nitrogens is 2. The lowest BCUT2D eigenvalue weighted by molar-refractivity contribution is -0.384. The van der Waals surface area contributed by atoms with Crippen LogP contribution in [0.25, 0.3) is 0 Å². The molecule has 0 N–H and O–H groups in total. The first kappa shape index (κ1) is 17.7. The summed E-state index contributed by atoms with van der Waals surface area (Å²) in [6.45, 7) is 0.108. The van der Waals surface area contributed by atoms with Crippen molar-refractivity contribution in [2.45, 2.75) is 6.42 Å². The highest BCUT2D eigenvalue weighted by atomic mass is 16.7. The number of carbonyl (C=O) groups is 1. The van der Waals surface area contributed by atoms with Crippen LogP contribution in [0.5, 0.6) is 11.5 Å². The molecule has 0 fully saturated rings. The summed E-state index contributed by atoms with van der Waals surface area (Å²) in [5, 5.41) is 19.5. The van der Waals surface area contributed by atoms with Crippen LogP contribution >= 0.6 is 0 Å². The van der Waals surface area contributed by atoms with E-state index in [0.29, 0.717) is 28.3 Å². The Balaban J connectivity index is 1.64. The molecule has 1 aromatic heterocycles. The lowest BCUT2D eigenvalue weighted by Gasteiger charge is -2.11. The molecule has 0 bridgehead atoms. The number of fused-ring (bicyclic) bond motifs is 2. The number of rotatable bonds is 3. The summed E-state index contributed by atoms with van der Waals surface area (Å²) in [4.78, 5) is 27.2. The van der Waals surface area contributed by atoms with E-state index < -0.39 is 4.92 Å². The van der Waals surface area contributed by atoms with E-state index >= 15 is 0 Å². The van der Waals surface area contributed by atoms with Crippen molar-refractivity contribution in [1.82, 2.24) is 9.55 Å². The second kappa shape index (κ2) is 6.92. The van der Waals surface area contributed by atoms with Crippen molar-refractivity contribution in [3.05, 3.63) is 81.9 Å². The van der Waals surface area contributed by atoms with Crippen molar-refractivity contribution < 1.29 is 19.2 Å². The Labute approximate surface area is 169 Å². The Morgan fingerprint density at radius 1 is 1.10 bits per heavy atom. The highest BCUT2D eigenvalue weighted by Gasteiger charge is 2.26. The minimum absolute atomic E-state index is 0.0293. The molecular formula is C20H13N5O5. The van der Waals surface area contributed by atoms with Crippen LogP contribution in [0, 0.1) is 10.1 Å². The fraction of sp³-hybridized carbons (Fsp3) is 0.100. The zero-order valence-electron chi connectivity index (χ0n) is 15.4. The van der Waals surface area contributed by atoms with Gasteiger partial charge in [-0.25, -0.2) is 4.98 Å². The highest BCUT2D eigenvalue weighted by molar-refractivity contribution is 6.40. The standard InChI is InChI=1S/C20H13N5O5/c26-20(24-6-5-21-10-24)16-7-13-8-17-18(30-11-29-17)9-15(13)19(23-22-16)12-1-3-14(4-2-12)25(27)28/h1-6,8-10H,7,11H2. The molecule has 0 unspecified atom stereocenters. The molecule has 0 aliphatic carbocycles. The maximum absolute atomic E-state index is 12.8. The predicted octanol–water partition coefficient (Wildman–Crippen LogP) is 2.61. The van der Waals surface area contributed by atoms with Crippen LogP contribution in [0.3, 0.4) is 0 Å². The van der Waals surface area contributed by atoms with Crippen LogP contribution in [0.2, 0.25) is 0 Å². The van der Waals surface area contributed by atoms with Crippen LogP contribution in [0.15, 0.2) is 65.3 Å². The number of nitrogens with zero attached hydrogens (tertiary/aromatic N) is 5. The van der Waals surface area contributed by atoms with E-state index in [1.54, 1.807) is 24.3 Å². The van der Waals surface area contributed by atoms with Crippen molar-refractivity contribution in [1.29, 1.82) is 0 Å². The van der Waals surface area contributed by atoms with E-state index in [-0.39, 0.29) is 30.5 Å². The van der Waals surface area contributed by atoms with E-state index in [9.17, 15) is 14.9 Å². The van der Waals surface area contributed by atoms with Gasteiger partial charge in [0.05, 0.1) is 4.92 Å². The van der Waals surface area contributed by atoms with Gasteiger partial charge in [-0.1, -0.05) is 0 Å². The third kappa shape index (κ3) is 3.00. The number of nitro benzene ring substituents is 1. The first-order valence-corrected chi connectivity index (χ1v) is 8.95. The SMILES string of the molecule is O=C(C1=NN=C(c2ccc([N+](=O)[O-])cc2)c2cc3c(cc2C1)OCO3)n1ccnc1. The first-order chi connectivity index (χ1) is 14.6. The summed E-state index contributed by atoms with van der Waals surface area (Å²) >= 11 is 0. The Morgan fingerprint density at radius 3 is 2.57 bits per heavy atom. The molecule has 5 rings (SSSR count). The number of ether oxygens (including phenoxy) is 2. The number of non-ortho nitro benzene ring substituents is 1. The Kier molecular flexibility index (Phi) is 4.09. The summed E-state index contributed by atoms with van der Waals surface area (Å²) in [6, 6.07) is 9.60. The van der Waals surface area contributed by atoms with Gasteiger partial charge in [0.1, 0.15) is 17.8 Å². The molecule has 0 radical (unpaired) electrons. The van der Waals surface area contributed by atoms with Gasteiger partial charge in [0.25, 0.3) is 11.6 Å². The van der Waals surface area contributed by atoms with Crippen molar-refractivity contribution >= 4 is 23.0 Å². The largest absolute Gasteiger partial charge is 0.454 e. The molecule has 10 nitrogen and oxygen atoms in total. The van der Waals surface area contributed by atoms with Crippen LogP contribution in [-0.2, 0) is 6.42 Å². The lowest BCUT2D eigenvalue weighted by atomic mass is 9.94. The molecule has 0 saturated heterocycles. The molecule has 0 saturated carbocycles. The highest BCUT2D eigenvalue weighted by Crippen LogP contribution is 2.37. The van der Waals surface area contributed by atoms with Crippen molar-refractivity contribution in [2.75, 3.05) is 6.79 Å². The maximum atomic E-state index is 12.8. The van der Waals surface area contributed by atoms with Crippen molar-refractivity contribution in [3.63, 3.8) is 0 Å². The van der Waals surface area contributed by atoms with Gasteiger partial charge < -0.3 is 9.47 Å². The molecule has 148 valence electrons. The summed E-state index contributed by atoms with van der Waals surface area (Å²) in [5.74, 6) is 0.797. The van der Waals surface area contributed by atoms with Gasteiger partial charge in [0.2, 0.25) is 6.79 Å². The van der Waals surface area contributed by atoms with Gasteiger partial charge >= 0.3 is 0 Å². The van der Waals surface area contributed by atoms with E-state index in [1.165, 1.54) is 35.4 Å². The minimum atomic E-state index is -0.468. The topological polar surface area (TPSA) is 121 Å². The van der Waals surface area contributed by atoms with E-state index in [2.05, 4.69) is 15.2 Å². The van der Waals surface area contributed by atoms with Crippen LogP contribution in [-0.4, -0.2) is 38.6 Å². The molecule has 10 heteroatoms. The summed E-state index contributed by atoms with van der Waals surface area (Å²) in [7, 11) is 0. The lowest BCUT2D eigenvalue weighted by Crippen LogP contribution is -2.22. The molecular weight excluding hydrogens is 390 g/mol. The van der Waals surface area contributed by atoms with E-state index in [0.717, 1.165) is 5.56 Å². The summed E-state index contributed by atoms with van der Waals surface area (Å²) < 4.78 is 12.3. The number of nitro groups is 1. The normalized spacial score (nSPS) is 14.4. The molecule has 0 amide bonds. The molecule has 3 aromatic rings. The molecule has 0 spiro atoms. The molecule has 2 aliphatic heterocycles. The molecule has 30 heavy (non-hydrogen) atoms. The van der Waals surface area contributed by atoms with Crippen molar-refractivity contribution in [2.24, 2.45) is 10.2 Å². The smallest absolute Gasteiger partial charge is 0.279 e. The molecule has 2 aliphatic rings. The molecule has 3 heterocycles. The fourth-order valence-corrected chi connectivity index (χ4v) is 3.33. The van der Waals surface area contributed by atoms with Gasteiger partial charge in [0.15, 0.2) is 11.5 Å². The van der Waals surface area contributed by atoms with E-state index in [1.807, 2.05) is 0 Å². The van der Waals surface area contributed by atoms with Crippen molar-refractivity contribution in [3.8, 4) is 11.5 Å². The third-order valence-corrected chi connectivity index (χ3v) is 4.82. The average molecular weight is 403 g/mol. The van der Waals surface area contributed by atoms with Crippen LogP contribution < -0.4 is 9.47 Å². The molecule has 0 atom stereocenters. The average Bonchev–Trinajstić information content (AvgIpc) is 3.41. The predicted molar refractivity (Wildman–Crippen MR) is 105 cm³/mol. The number of hydrogen-bond donors (Lipinski definition) is 0. The van der Waals surface area contributed by atoms with Gasteiger partial charge in [-0.15, -0.1) is 10.2 Å².